The summed E-state index contributed by atoms with van der Waals surface area (Å²) in [5.74, 6) is -4.26. The van der Waals surface area contributed by atoms with Gasteiger partial charge >= 0.3 is 17.9 Å². The minimum Gasteiger partial charge on any atom is -0.460 e. The van der Waals surface area contributed by atoms with Crippen molar-refractivity contribution in [2.75, 3.05) is 6.61 Å². The third-order valence-corrected chi connectivity index (χ3v) is 1.92. The first-order valence-electron chi connectivity index (χ1n) is 5.18. The lowest BCUT2D eigenvalue weighted by molar-refractivity contribution is -0.183. The van der Waals surface area contributed by atoms with Gasteiger partial charge in [0.1, 0.15) is 0 Å². The van der Waals surface area contributed by atoms with Crippen molar-refractivity contribution in [1.82, 2.24) is 0 Å². The van der Waals surface area contributed by atoms with Crippen LogP contribution in [0.3, 0.4) is 0 Å². The fraction of sp³-hybridized carbons (Fsp3) is 0.800. The normalized spacial score (nSPS) is 11.2. The van der Waals surface area contributed by atoms with Crippen LogP contribution in [0.15, 0.2) is 0 Å². The number of carbonyl (C=O) groups excluding carboxylic acids is 2. The number of esters is 1. The molecule has 6 heteroatoms. The minimum absolute atomic E-state index is 0.135. The van der Waals surface area contributed by atoms with Crippen molar-refractivity contribution in [1.29, 1.82) is 0 Å². The molecule has 0 spiro atoms. The zero-order valence-electron chi connectivity index (χ0n) is 9.10. The fourth-order valence-corrected chi connectivity index (χ4v) is 1.05. The molecule has 0 rings (SSSR count). The van der Waals surface area contributed by atoms with Crippen molar-refractivity contribution in [2.24, 2.45) is 0 Å². The maximum Gasteiger partial charge on any atom is 0.461 e. The summed E-state index contributed by atoms with van der Waals surface area (Å²) in [6.07, 6.45) is -0.847. The molecule has 0 heterocycles. The number of unbranched alkanes of at least 4 members (excludes halogenated alkanes) is 4. The second kappa shape index (κ2) is 7.24. The van der Waals surface area contributed by atoms with Gasteiger partial charge in [-0.2, -0.15) is 13.2 Å². The van der Waals surface area contributed by atoms with E-state index in [9.17, 15) is 22.8 Å². The minimum atomic E-state index is -5.14. The summed E-state index contributed by atoms with van der Waals surface area (Å²) >= 11 is 0. The summed E-state index contributed by atoms with van der Waals surface area (Å²) in [7, 11) is 0. The van der Waals surface area contributed by atoms with E-state index in [-0.39, 0.29) is 6.61 Å². The van der Waals surface area contributed by atoms with Crippen molar-refractivity contribution < 1.29 is 27.5 Å². The largest absolute Gasteiger partial charge is 0.461 e. The quantitative estimate of drug-likeness (QED) is 0.390. The van der Waals surface area contributed by atoms with Crippen molar-refractivity contribution >= 4 is 11.8 Å². The maximum absolute atomic E-state index is 11.7. The van der Waals surface area contributed by atoms with Gasteiger partial charge in [-0.25, -0.2) is 4.79 Å². The third-order valence-electron chi connectivity index (χ3n) is 1.92. The van der Waals surface area contributed by atoms with E-state index in [0.29, 0.717) is 6.42 Å². The highest BCUT2D eigenvalue weighted by Gasteiger charge is 2.44. The summed E-state index contributed by atoms with van der Waals surface area (Å²) in [6, 6.07) is 0. The Labute approximate surface area is 92.0 Å². The summed E-state index contributed by atoms with van der Waals surface area (Å²) in [5.41, 5.74) is 0. The predicted octanol–water partition coefficient (Wildman–Crippen LogP) is 2.63. The molecule has 0 N–H and O–H groups in total. The number of halogens is 3. The molecule has 0 aliphatic heterocycles. The fourth-order valence-electron chi connectivity index (χ4n) is 1.05. The van der Waals surface area contributed by atoms with E-state index in [4.69, 9.17) is 0 Å². The monoisotopic (exact) mass is 240 g/mol. The molecule has 0 saturated heterocycles. The first-order valence-corrected chi connectivity index (χ1v) is 5.18. The SMILES string of the molecule is CCCCCCCOC(=O)C(=O)C(F)(F)F. The third kappa shape index (κ3) is 6.42. The highest BCUT2D eigenvalue weighted by Crippen LogP contribution is 2.16. The van der Waals surface area contributed by atoms with Gasteiger partial charge in [0.2, 0.25) is 0 Å². The van der Waals surface area contributed by atoms with Crippen molar-refractivity contribution in [2.45, 2.75) is 45.2 Å². The second-order valence-corrected chi connectivity index (χ2v) is 3.38. The van der Waals surface area contributed by atoms with Crippen LogP contribution in [0, 0.1) is 0 Å². The van der Waals surface area contributed by atoms with Gasteiger partial charge in [0.15, 0.2) is 0 Å². The van der Waals surface area contributed by atoms with Gasteiger partial charge in [-0.1, -0.05) is 32.6 Å². The number of ketones is 1. The molecule has 0 aliphatic carbocycles. The van der Waals surface area contributed by atoms with Crippen LogP contribution in [0.5, 0.6) is 0 Å². The molecule has 0 radical (unpaired) electrons. The number of hydrogen-bond acceptors (Lipinski definition) is 3. The second-order valence-electron chi connectivity index (χ2n) is 3.38. The lowest BCUT2D eigenvalue weighted by atomic mass is 10.2. The van der Waals surface area contributed by atoms with E-state index in [0.717, 1.165) is 25.7 Å². The maximum atomic E-state index is 11.7. The van der Waals surface area contributed by atoms with Crippen molar-refractivity contribution in [3.05, 3.63) is 0 Å². The highest BCUT2D eigenvalue weighted by atomic mass is 19.4. The Hall–Kier alpha value is -1.07. The van der Waals surface area contributed by atoms with Crippen LogP contribution >= 0.6 is 0 Å². The predicted molar refractivity (Wildman–Crippen MR) is 50.8 cm³/mol. The summed E-state index contributed by atoms with van der Waals surface area (Å²) in [4.78, 5) is 20.9. The highest BCUT2D eigenvalue weighted by molar-refractivity contribution is 6.35. The van der Waals surface area contributed by atoms with E-state index < -0.39 is 17.9 Å². The van der Waals surface area contributed by atoms with E-state index in [1.54, 1.807) is 0 Å². The van der Waals surface area contributed by atoms with Gasteiger partial charge in [-0.05, 0) is 6.42 Å². The molecule has 94 valence electrons. The van der Waals surface area contributed by atoms with Crippen LogP contribution in [0.1, 0.15) is 39.0 Å². The molecular formula is C10H15F3O3. The molecule has 3 nitrogen and oxygen atoms in total. The average Bonchev–Trinajstić information content (AvgIpc) is 2.20. The van der Waals surface area contributed by atoms with Crippen LogP contribution in [-0.2, 0) is 14.3 Å². The van der Waals surface area contributed by atoms with E-state index in [2.05, 4.69) is 4.74 Å². The Bertz CT molecular complexity index is 236. The van der Waals surface area contributed by atoms with Crippen LogP contribution in [0.2, 0.25) is 0 Å². The molecule has 0 aromatic heterocycles. The Kier molecular flexibility index (Phi) is 6.76. The van der Waals surface area contributed by atoms with Crippen LogP contribution in [-0.4, -0.2) is 24.5 Å². The number of carbonyl (C=O) groups is 2. The number of rotatable bonds is 7. The van der Waals surface area contributed by atoms with E-state index in [1.165, 1.54) is 0 Å². The van der Waals surface area contributed by atoms with Crippen molar-refractivity contribution in [3.63, 3.8) is 0 Å². The van der Waals surface area contributed by atoms with Gasteiger partial charge in [0, 0.05) is 0 Å². The van der Waals surface area contributed by atoms with Crippen LogP contribution < -0.4 is 0 Å². The standard InChI is InChI=1S/C10H15F3O3/c1-2-3-4-5-6-7-16-9(15)8(14)10(11,12)13/h2-7H2,1H3. The number of ether oxygens (including phenoxy) is 1. The zero-order chi connectivity index (χ0) is 12.6. The summed E-state index contributed by atoms with van der Waals surface area (Å²) < 4.78 is 39.4. The van der Waals surface area contributed by atoms with E-state index >= 15 is 0 Å². The summed E-state index contributed by atoms with van der Waals surface area (Å²) in [6.45, 7) is 1.90. The molecule has 0 aromatic carbocycles. The molecule has 0 fully saturated rings. The molecule has 0 saturated carbocycles. The molecule has 0 bridgehead atoms. The Morgan fingerprint density at radius 2 is 1.62 bits per heavy atom. The van der Waals surface area contributed by atoms with Gasteiger partial charge in [0.25, 0.3) is 0 Å². The smallest absolute Gasteiger partial charge is 0.460 e. The first-order chi connectivity index (χ1) is 7.39. The summed E-state index contributed by atoms with van der Waals surface area (Å²) in [5, 5.41) is 0. The molecule has 0 unspecified atom stereocenters. The number of hydrogen-bond donors (Lipinski definition) is 0. The lowest BCUT2D eigenvalue weighted by Gasteiger charge is -2.05. The van der Waals surface area contributed by atoms with Gasteiger partial charge in [0.05, 0.1) is 6.61 Å². The Morgan fingerprint density at radius 3 is 2.12 bits per heavy atom. The topological polar surface area (TPSA) is 43.4 Å². The molecule has 0 atom stereocenters. The molecular weight excluding hydrogens is 225 g/mol. The zero-order valence-corrected chi connectivity index (χ0v) is 9.10. The van der Waals surface area contributed by atoms with Gasteiger partial charge in [-0.15, -0.1) is 0 Å². The van der Waals surface area contributed by atoms with Gasteiger partial charge in [-0.3, -0.25) is 4.79 Å². The Balaban J connectivity index is 3.63. The number of Topliss-reactive ketones (excluding diaryl/α,β-unsaturated/α-hetero) is 1. The van der Waals surface area contributed by atoms with E-state index in [1.807, 2.05) is 6.92 Å². The molecule has 0 amide bonds. The van der Waals surface area contributed by atoms with Crippen LogP contribution in [0.4, 0.5) is 13.2 Å². The Morgan fingerprint density at radius 1 is 1.06 bits per heavy atom. The average molecular weight is 240 g/mol. The first kappa shape index (κ1) is 14.9. The van der Waals surface area contributed by atoms with Gasteiger partial charge < -0.3 is 4.74 Å². The molecule has 16 heavy (non-hydrogen) atoms. The van der Waals surface area contributed by atoms with Crippen LogP contribution in [0.25, 0.3) is 0 Å². The molecule has 0 aliphatic rings. The lowest BCUT2D eigenvalue weighted by Crippen LogP contribution is -2.32. The number of alkyl halides is 3. The molecule has 0 aromatic rings. The van der Waals surface area contributed by atoms with Crippen molar-refractivity contribution in [3.8, 4) is 0 Å².